The molecule has 2 amide bonds. The van der Waals surface area contributed by atoms with E-state index < -0.39 is 29.8 Å². The minimum Gasteiger partial charge on any atom is -0.477 e. The summed E-state index contributed by atoms with van der Waals surface area (Å²) >= 11 is 0. The van der Waals surface area contributed by atoms with Gasteiger partial charge in [0.1, 0.15) is 11.9 Å². The second kappa shape index (κ2) is 11.5. The van der Waals surface area contributed by atoms with E-state index in [1.54, 1.807) is 16.9 Å². The summed E-state index contributed by atoms with van der Waals surface area (Å²) in [6.45, 7) is 5.25. The quantitative estimate of drug-likeness (QED) is 0.461. The third-order valence-corrected chi connectivity index (χ3v) is 5.75. The van der Waals surface area contributed by atoms with Crippen LogP contribution in [0.15, 0.2) is 48.5 Å². The number of anilines is 1. The molecule has 1 aliphatic heterocycles. The molecular formula is C25H29F2N5O4. The van der Waals surface area contributed by atoms with Crippen molar-refractivity contribution < 1.29 is 27.9 Å². The Morgan fingerprint density at radius 1 is 1.19 bits per heavy atom. The van der Waals surface area contributed by atoms with Crippen molar-refractivity contribution in [2.24, 2.45) is 0 Å². The van der Waals surface area contributed by atoms with Crippen LogP contribution in [0.5, 0.6) is 5.88 Å². The summed E-state index contributed by atoms with van der Waals surface area (Å²) in [5, 5.41) is 11.9. The lowest BCUT2D eigenvalue weighted by molar-refractivity contribution is -0.154. The van der Waals surface area contributed by atoms with Crippen molar-refractivity contribution >= 4 is 11.8 Å². The lowest BCUT2D eigenvalue weighted by atomic mass is 10.0. The van der Waals surface area contributed by atoms with E-state index in [2.05, 4.69) is 15.7 Å². The molecule has 0 saturated carbocycles. The summed E-state index contributed by atoms with van der Waals surface area (Å²) < 4.78 is 39.8. The third kappa shape index (κ3) is 5.64. The van der Waals surface area contributed by atoms with Gasteiger partial charge in [0.15, 0.2) is 11.6 Å². The van der Waals surface area contributed by atoms with E-state index >= 15 is 0 Å². The molecule has 9 nitrogen and oxygen atoms in total. The molecule has 2 N–H and O–H groups in total. The van der Waals surface area contributed by atoms with Crippen molar-refractivity contribution in [2.75, 3.05) is 38.7 Å². The minimum atomic E-state index is -0.986. The zero-order valence-electron chi connectivity index (χ0n) is 20.3. The van der Waals surface area contributed by atoms with Gasteiger partial charge in [0.05, 0.1) is 30.5 Å². The Morgan fingerprint density at radius 2 is 1.97 bits per heavy atom. The van der Waals surface area contributed by atoms with Gasteiger partial charge in [-0.3, -0.25) is 10.2 Å². The molecule has 3 aromatic rings. The summed E-state index contributed by atoms with van der Waals surface area (Å²) in [6, 6.07) is 11.9. The fraction of sp³-hybridized carbons (Fsp3) is 0.360. The van der Waals surface area contributed by atoms with Crippen molar-refractivity contribution in [3.63, 3.8) is 0 Å². The van der Waals surface area contributed by atoms with Crippen molar-refractivity contribution in [1.82, 2.24) is 20.2 Å². The number of aromatic nitrogens is 2. The maximum absolute atomic E-state index is 13.9. The van der Waals surface area contributed by atoms with Crippen LogP contribution >= 0.6 is 0 Å². The highest BCUT2D eigenvalue weighted by atomic mass is 19.2. The number of amides is 2. The second-order valence-electron chi connectivity index (χ2n) is 8.24. The predicted molar refractivity (Wildman–Crippen MR) is 129 cm³/mol. The smallest absolute Gasteiger partial charge is 0.320 e. The van der Waals surface area contributed by atoms with Gasteiger partial charge >= 0.3 is 6.03 Å². The van der Waals surface area contributed by atoms with Crippen molar-refractivity contribution in [2.45, 2.75) is 26.0 Å². The number of methoxy groups -OCH3 is 1. The largest absolute Gasteiger partial charge is 0.477 e. The highest BCUT2D eigenvalue weighted by Crippen LogP contribution is 2.31. The van der Waals surface area contributed by atoms with E-state index in [0.717, 1.165) is 17.8 Å². The SMILES string of the molecule is CCOc1nn(-c2ccccc2)c(NC(=O)N[C@@H]2CN(CCOC)O[C@H]2c2ccc(F)c(F)c2)c1C. The lowest BCUT2D eigenvalue weighted by Gasteiger charge is -2.20. The van der Waals surface area contributed by atoms with Crippen LogP contribution < -0.4 is 15.4 Å². The van der Waals surface area contributed by atoms with Crippen molar-refractivity contribution in [3.8, 4) is 11.6 Å². The molecule has 0 radical (unpaired) electrons. The number of rotatable bonds is 9. The fourth-order valence-electron chi connectivity index (χ4n) is 4.00. The van der Waals surface area contributed by atoms with E-state index in [1.165, 1.54) is 6.07 Å². The maximum Gasteiger partial charge on any atom is 0.320 e. The number of nitrogens with one attached hydrogen (secondary N) is 2. The summed E-state index contributed by atoms with van der Waals surface area (Å²) in [7, 11) is 1.57. The standard InChI is InChI=1S/C25H29F2N5O4/c1-4-35-24-16(2)23(32(30-24)18-8-6-5-7-9-18)29-25(33)28-21-15-31(12-13-34-3)36-22(21)17-10-11-19(26)20(27)14-17/h5-11,14,21-22H,4,12-13,15H2,1-3H3,(H2,28,29,33)/t21-,22+/m1/s1. The first-order valence-corrected chi connectivity index (χ1v) is 11.6. The molecule has 2 atom stereocenters. The van der Waals surface area contributed by atoms with Crippen molar-refractivity contribution in [3.05, 3.63) is 71.3 Å². The van der Waals surface area contributed by atoms with Gasteiger partial charge in [0.2, 0.25) is 5.88 Å². The van der Waals surface area contributed by atoms with Crippen LogP contribution in [0.3, 0.4) is 0 Å². The summed E-state index contributed by atoms with van der Waals surface area (Å²) in [4.78, 5) is 19.1. The Balaban J connectivity index is 1.56. The summed E-state index contributed by atoms with van der Waals surface area (Å²) in [6.07, 6.45) is -0.721. The zero-order valence-corrected chi connectivity index (χ0v) is 20.3. The summed E-state index contributed by atoms with van der Waals surface area (Å²) in [5.74, 6) is -1.08. The van der Waals surface area contributed by atoms with E-state index in [1.807, 2.05) is 44.2 Å². The Labute approximate surface area is 207 Å². The number of nitrogens with zero attached hydrogens (tertiary/aromatic N) is 3. The topological polar surface area (TPSA) is 89.9 Å². The molecular weight excluding hydrogens is 472 g/mol. The van der Waals surface area contributed by atoms with Gasteiger partial charge in [0.25, 0.3) is 0 Å². The van der Waals surface area contributed by atoms with Crippen LogP contribution in [-0.2, 0) is 9.57 Å². The average molecular weight is 502 g/mol. The highest BCUT2D eigenvalue weighted by Gasteiger charge is 2.37. The maximum atomic E-state index is 13.9. The number of hydrogen-bond donors (Lipinski definition) is 2. The van der Waals surface area contributed by atoms with Gasteiger partial charge in [-0.25, -0.2) is 18.3 Å². The first-order chi connectivity index (χ1) is 17.4. The lowest BCUT2D eigenvalue weighted by Crippen LogP contribution is -2.42. The number of hydroxylamine groups is 2. The number of carbonyl (C=O) groups excluding carboxylic acids is 1. The molecule has 1 saturated heterocycles. The molecule has 0 aliphatic carbocycles. The number of carbonyl (C=O) groups is 1. The number of ether oxygens (including phenoxy) is 2. The predicted octanol–water partition coefficient (Wildman–Crippen LogP) is 3.98. The molecule has 1 aromatic heterocycles. The molecule has 1 fully saturated rings. The Morgan fingerprint density at radius 3 is 2.67 bits per heavy atom. The zero-order chi connectivity index (χ0) is 25.7. The molecule has 192 valence electrons. The van der Waals surface area contributed by atoms with Gasteiger partial charge in [-0.1, -0.05) is 24.3 Å². The van der Waals surface area contributed by atoms with Crippen LogP contribution in [0, 0.1) is 18.6 Å². The molecule has 36 heavy (non-hydrogen) atoms. The molecule has 1 aliphatic rings. The van der Waals surface area contributed by atoms with Gasteiger partial charge in [-0.2, -0.15) is 5.06 Å². The second-order valence-corrected chi connectivity index (χ2v) is 8.24. The molecule has 2 heterocycles. The van der Waals surface area contributed by atoms with E-state index in [0.29, 0.717) is 49.1 Å². The van der Waals surface area contributed by atoms with Crippen LogP contribution in [0.1, 0.15) is 24.2 Å². The molecule has 0 bridgehead atoms. The number of para-hydroxylation sites is 1. The Hall–Kier alpha value is -3.54. The fourth-order valence-corrected chi connectivity index (χ4v) is 4.00. The Kier molecular flexibility index (Phi) is 8.14. The number of urea groups is 1. The van der Waals surface area contributed by atoms with E-state index in [4.69, 9.17) is 14.3 Å². The number of halogens is 2. The van der Waals surface area contributed by atoms with Gasteiger partial charge in [-0.05, 0) is 43.7 Å². The number of hydrogen-bond acceptors (Lipinski definition) is 6. The monoisotopic (exact) mass is 501 g/mol. The van der Waals surface area contributed by atoms with E-state index in [9.17, 15) is 13.6 Å². The molecule has 11 heteroatoms. The average Bonchev–Trinajstić information content (AvgIpc) is 3.41. The van der Waals surface area contributed by atoms with Crippen LogP contribution in [0.2, 0.25) is 0 Å². The first-order valence-electron chi connectivity index (χ1n) is 11.6. The van der Waals surface area contributed by atoms with Gasteiger partial charge in [0, 0.05) is 20.2 Å². The van der Waals surface area contributed by atoms with Crippen LogP contribution in [0.4, 0.5) is 19.4 Å². The molecule has 2 aromatic carbocycles. The molecule has 0 unspecified atom stereocenters. The Bertz CT molecular complexity index is 1190. The van der Waals surface area contributed by atoms with Gasteiger partial charge in [-0.15, -0.1) is 5.10 Å². The highest BCUT2D eigenvalue weighted by molar-refractivity contribution is 5.90. The van der Waals surface area contributed by atoms with Crippen molar-refractivity contribution in [1.29, 1.82) is 0 Å². The minimum absolute atomic E-state index is 0.321. The molecule has 4 rings (SSSR count). The van der Waals surface area contributed by atoms with E-state index in [-0.39, 0.29) is 0 Å². The normalized spacial score (nSPS) is 17.8. The first kappa shape index (κ1) is 25.5. The van der Waals surface area contributed by atoms with Gasteiger partial charge < -0.3 is 14.8 Å². The summed E-state index contributed by atoms with van der Waals surface area (Å²) in [5.41, 5.74) is 1.82. The van der Waals surface area contributed by atoms with Crippen LogP contribution in [-0.4, -0.2) is 60.3 Å². The van der Waals surface area contributed by atoms with Crippen LogP contribution in [0.25, 0.3) is 5.69 Å². The third-order valence-electron chi connectivity index (χ3n) is 5.75. The molecule has 0 spiro atoms. The number of benzene rings is 2.